The van der Waals surface area contributed by atoms with Gasteiger partial charge in [-0.3, -0.25) is 0 Å². The molecule has 0 radical (unpaired) electrons. The normalized spacial score (nSPS) is 26.1. The summed E-state index contributed by atoms with van der Waals surface area (Å²) in [5.74, 6) is 0.790. The van der Waals surface area contributed by atoms with Gasteiger partial charge < -0.3 is 10.5 Å². The summed E-state index contributed by atoms with van der Waals surface area (Å²) in [6.07, 6.45) is 4.57. The fraction of sp³-hybridized carbons (Fsp3) is 0.571. The highest BCUT2D eigenvalue weighted by Gasteiger charge is 2.28. The summed E-state index contributed by atoms with van der Waals surface area (Å²) in [7, 11) is -3.50. The summed E-state index contributed by atoms with van der Waals surface area (Å²) >= 11 is 0. The number of sulfonamides is 1. The first kappa shape index (κ1) is 13.9. The van der Waals surface area contributed by atoms with Gasteiger partial charge in [0, 0.05) is 18.5 Å². The van der Waals surface area contributed by atoms with Gasteiger partial charge in [0.2, 0.25) is 10.0 Å². The van der Waals surface area contributed by atoms with Crippen LogP contribution in [0, 0.1) is 0 Å². The van der Waals surface area contributed by atoms with Crippen LogP contribution >= 0.6 is 0 Å². The highest BCUT2D eigenvalue weighted by molar-refractivity contribution is 7.89. The molecular weight excluding hydrogens is 276 g/mol. The summed E-state index contributed by atoms with van der Waals surface area (Å²) in [6.45, 7) is 0.625. The Balaban J connectivity index is 1.81. The maximum atomic E-state index is 12.4. The summed E-state index contributed by atoms with van der Waals surface area (Å²) in [4.78, 5) is 0.305. The molecule has 6 heteroatoms. The van der Waals surface area contributed by atoms with Crippen molar-refractivity contribution in [1.29, 1.82) is 0 Å². The molecule has 2 atom stereocenters. The first-order chi connectivity index (χ1) is 9.56. The third-order valence-corrected chi connectivity index (χ3v) is 5.58. The number of hydrogen-bond donors (Lipinski definition) is 2. The largest absolute Gasteiger partial charge is 0.493 e. The zero-order chi connectivity index (χ0) is 14.2. The molecular formula is C14H20N2O3S. The molecule has 1 heterocycles. The predicted molar refractivity (Wildman–Crippen MR) is 76.2 cm³/mol. The average molecular weight is 296 g/mol. The van der Waals surface area contributed by atoms with Crippen LogP contribution in [-0.4, -0.2) is 27.1 Å². The lowest BCUT2D eigenvalue weighted by molar-refractivity contribution is 0.356. The van der Waals surface area contributed by atoms with E-state index in [1.54, 1.807) is 18.2 Å². The van der Waals surface area contributed by atoms with E-state index in [1.807, 2.05) is 0 Å². The number of rotatable bonds is 3. The zero-order valence-electron chi connectivity index (χ0n) is 11.3. The minimum Gasteiger partial charge on any atom is -0.493 e. The standard InChI is InChI=1S/C14H20N2O3S/c15-12-3-1-2-4-13(12)16-20(17,18)11-5-6-14-10(9-11)7-8-19-14/h5-6,9,12-13,16H,1-4,7-8,15H2/t12-,13-/m1/s1. The number of nitrogens with two attached hydrogens (primary N) is 1. The maximum Gasteiger partial charge on any atom is 0.240 e. The molecule has 110 valence electrons. The Morgan fingerprint density at radius 1 is 1.25 bits per heavy atom. The van der Waals surface area contributed by atoms with Gasteiger partial charge in [0.05, 0.1) is 11.5 Å². The molecule has 1 saturated carbocycles. The van der Waals surface area contributed by atoms with Gasteiger partial charge in [-0.1, -0.05) is 12.8 Å². The van der Waals surface area contributed by atoms with Crippen LogP contribution in [0.3, 0.4) is 0 Å². The molecule has 1 aromatic rings. The first-order valence-electron chi connectivity index (χ1n) is 7.10. The minimum absolute atomic E-state index is 0.0868. The highest BCUT2D eigenvalue weighted by atomic mass is 32.2. The van der Waals surface area contributed by atoms with Gasteiger partial charge in [0.15, 0.2) is 0 Å². The van der Waals surface area contributed by atoms with Crippen LogP contribution in [-0.2, 0) is 16.4 Å². The molecule has 5 nitrogen and oxygen atoms in total. The third kappa shape index (κ3) is 2.68. The van der Waals surface area contributed by atoms with Crippen molar-refractivity contribution in [2.75, 3.05) is 6.61 Å². The third-order valence-electron chi connectivity index (χ3n) is 4.10. The molecule has 0 aromatic heterocycles. The van der Waals surface area contributed by atoms with Gasteiger partial charge in [0.25, 0.3) is 0 Å². The zero-order valence-corrected chi connectivity index (χ0v) is 12.2. The predicted octanol–water partition coefficient (Wildman–Crippen LogP) is 1.17. The van der Waals surface area contributed by atoms with Crippen LogP contribution in [0.4, 0.5) is 0 Å². The van der Waals surface area contributed by atoms with Gasteiger partial charge in [-0.25, -0.2) is 13.1 Å². The topological polar surface area (TPSA) is 81.4 Å². The summed E-state index contributed by atoms with van der Waals surface area (Å²) < 4.78 is 33.0. The van der Waals surface area contributed by atoms with Crippen LogP contribution in [0.2, 0.25) is 0 Å². The van der Waals surface area contributed by atoms with E-state index in [0.29, 0.717) is 11.5 Å². The Morgan fingerprint density at radius 3 is 2.85 bits per heavy atom. The average Bonchev–Trinajstić information content (AvgIpc) is 2.88. The summed E-state index contributed by atoms with van der Waals surface area (Å²) in [6, 6.07) is 4.80. The van der Waals surface area contributed by atoms with E-state index >= 15 is 0 Å². The van der Waals surface area contributed by atoms with Crippen molar-refractivity contribution >= 4 is 10.0 Å². The number of benzene rings is 1. The molecule has 1 fully saturated rings. The van der Waals surface area contributed by atoms with Crippen LogP contribution in [0.25, 0.3) is 0 Å². The van der Waals surface area contributed by atoms with Crippen molar-refractivity contribution in [1.82, 2.24) is 4.72 Å². The van der Waals surface area contributed by atoms with E-state index in [4.69, 9.17) is 10.5 Å². The smallest absolute Gasteiger partial charge is 0.240 e. The van der Waals surface area contributed by atoms with Crippen LogP contribution < -0.4 is 15.2 Å². The van der Waals surface area contributed by atoms with E-state index in [-0.39, 0.29) is 12.1 Å². The van der Waals surface area contributed by atoms with E-state index in [2.05, 4.69) is 4.72 Å². The monoisotopic (exact) mass is 296 g/mol. The van der Waals surface area contributed by atoms with Gasteiger partial charge in [-0.2, -0.15) is 0 Å². The number of ether oxygens (including phenoxy) is 1. The van der Waals surface area contributed by atoms with Gasteiger partial charge >= 0.3 is 0 Å². The Hall–Kier alpha value is -1.11. The molecule has 1 aromatic carbocycles. The van der Waals surface area contributed by atoms with Crippen molar-refractivity contribution in [3.05, 3.63) is 23.8 Å². The van der Waals surface area contributed by atoms with Crippen LogP contribution in [0.15, 0.2) is 23.1 Å². The van der Waals surface area contributed by atoms with Crippen LogP contribution in [0.1, 0.15) is 31.2 Å². The quantitative estimate of drug-likeness (QED) is 0.877. The lowest BCUT2D eigenvalue weighted by Crippen LogP contribution is -2.49. The lowest BCUT2D eigenvalue weighted by Gasteiger charge is -2.29. The molecule has 2 aliphatic rings. The van der Waals surface area contributed by atoms with E-state index < -0.39 is 10.0 Å². The first-order valence-corrected chi connectivity index (χ1v) is 8.58. The molecule has 0 saturated heterocycles. The van der Waals surface area contributed by atoms with E-state index in [1.165, 1.54) is 0 Å². The maximum absolute atomic E-state index is 12.4. The molecule has 0 unspecified atom stereocenters. The van der Waals surface area contributed by atoms with Crippen LogP contribution in [0.5, 0.6) is 5.75 Å². The second-order valence-electron chi connectivity index (χ2n) is 5.54. The van der Waals surface area contributed by atoms with Crippen molar-refractivity contribution < 1.29 is 13.2 Å². The van der Waals surface area contributed by atoms with E-state index in [0.717, 1.165) is 43.4 Å². The highest BCUT2D eigenvalue weighted by Crippen LogP contribution is 2.28. The SMILES string of the molecule is N[C@@H]1CCCC[C@H]1NS(=O)(=O)c1ccc2c(c1)CCO2. The summed E-state index contributed by atoms with van der Waals surface area (Å²) in [5.41, 5.74) is 6.97. The van der Waals surface area contributed by atoms with Crippen molar-refractivity contribution in [2.24, 2.45) is 5.73 Å². The summed E-state index contributed by atoms with van der Waals surface area (Å²) in [5, 5.41) is 0. The van der Waals surface area contributed by atoms with Gasteiger partial charge in [-0.05, 0) is 36.6 Å². The van der Waals surface area contributed by atoms with Crippen molar-refractivity contribution in [3.63, 3.8) is 0 Å². The second-order valence-corrected chi connectivity index (χ2v) is 7.26. The Labute approximate surface area is 119 Å². The lowest BCUT2D eigenvalue weighted by atomic mass is 9.92. The molecule has 0 spiro atoms. The van der Waals surface area contributed by atoms with E-state index in [9.17, 15) is 8.42 Å². The second kappa shape index (κ2) is 5.35. The fourth-order valence-corrected chi connectivity index (χ4v) is 4.28. The minimum atomic E-state index is -3.50. The Morgan fingerprint density at radius 2 is 2.05 bits per heavy atom. The molecule has 0 amide bonds. The molecule has 1 aliphatic heterocycles. The fourth-order valence-electron chi connectivity index (χ4n) is 2.90. The number of fused-ring (bicyclic) bond motifs is 1. The van der Waals surface area contributed by atoms with Crippen molar-refractivity contribution in [2.45, 2.75) is 49.1 Å². The number of hydrogen-bond acceptors (Lipinski definition) is 4. The molecule has 0 bridgehead atoms. The molecule has 3 N–H and O–H groups in total. The Kier molecular flexibility index (Phi) is 3.70. The molecule has 3 rings (SSSR count). The number of nitrogens with one attached hydrogen (secondary N) is 1. The van der Waals surface area contributed by atoms with Gasteiger partial charge in [-0.15, -0.1) is 0 Å². The Bertz CT molecular complexity index is 600. The molecule has 20 heavy (non-hydrogen) atoms. The molecule has 1 aliphatic carbocycles. The van der Waals surface area contributed by atoms with Crippen molar-refractivity contribution in [3.8, 4) is 5.75 Å². The van der Waals surface area contributed by atoms with Gasteiger partial charge in [0.1, 0.15) is 5.75 Å².